The maximum absolute atomic E-state index is 12.8. The van der Waals surface area contributed by atoms with Gasteiger partial charge in [-0.2, -0.15) is 0 Å². The van der Waals surface area contributed by atoms with Gasteiger partial charge >= 0.3 is 0 Å². The predicted molar refractivity (Wildman–Crippen MR) is 116 cm³/mol. The molecule has 0 aromatic heterocycles. The summed E-state index contributed by atoms with van der Waals surface area (Å²) in [5.74, 6) is 0.756. The minimum Gasteiger partial charge on any atom is -0.497 e. The molecule has 0 radical (unpaired) electrons. The van der Waals surface area contributed by atoms with Crippen molar-refractivity contribution in [3.63, 3.8) is 0 Å². The average Bonchev–Trinajstić information content (AvgIpc) is 2.84. The van der Waals surface area contributed by atoms with Crippen LogP contribution in [0, 0.1) is 0 Å². The summed E-state index contributed by atoms with van der Waals surface area (Å²) in [5.41, 5.74) is 1.17. The molecule has 1 amide bonds. The average molecular weight is 463 g/mol. The second kappa shape index (κ2) is 11.3. The Morgan fingerprint density at radius 1 is 0.970 bits per heavy atom. The number of carbonyl (C=O) groups excluding carboxylic acids is 1. The molecule has 2 aromatic rings. The summed E-state index contributed by atoms with van der Waals surface area (Å²) in [6.07, 6.45) is -6.71. The fourth-order valence-corrected chi connectivity index (χ4v) is 3.41. The zero-order chi connectivity index (χ0) is 24.0. The number of aliphatic hydroxyl groups is 4. The molecule has 0 aliphatic carbocycles. The van der Waals surface area contributed by atoms with Gasteiger partial charge in [-0.15, -0.1) is 0 Å². The van der Waals surface area contributed by atoms with Crippen LogP contribution in [0.25, 0.3) is 0 Å². The van der Waals surface area contributed by atoms with Crippen molar-refractivity contribution in [3.8, 4) is 17.2 Å². The number of carbonyl (C=O) groups is 1. The molecule has 1 heterocycles. The van der Waals surface area contributed by atoms with Gasteiger partial charge in [0.25, 0.3) is 5.91 Å². The van der Waals surface area contributed by atoms with Crippen molar-refractivity contribution in [2.24, 2.45) is 0 Å². The lowest BCUT2D eigenvalue weighted by atomic mass is 9.99. The molecule has 180 valence electrons. The topological polar surface area (TPSA) is 147 Å². The molecule has 0 bridgehead atoms. The van der Waals surface area contributed by atoms with Gasteiger partial charge < -0.3 is 44.7 Å². The first-order chi connectivity index (χ1) is 15.9. The lowest BCUT2D eigenvalue weighted by molar-refractivity contribution is -0.277. The first-order valence-corrected chi connectivity index (χ1v) is 10.4. The fraction of sp³-hybridized carbons (Fsp3) is 0.435. The molecule has 5 N–H and O–H groups in total. The summed E-state index contributed by atoms with van der Waals surface area (Å²) < 4.78 is 21.4. The second-order valence-electron chi connectivity index (χ2n) is 7.53. The third kappa shape index (κ3) is 5.92. The van der Waals surface area contributed by atoms with Crippen LogP contribution >= 0.6 is 0 Å². The highest BCUT2D eigenvalue weighted by atomic mass is 16.7. The van der Waals surface area contributed by atoms with Gasteiger partial charge in [-0.1, -0.05) is 12.1 Å². The lowest BCUT2D eigenvalue weighted by Gasteiger charge is -2.39. The summed E-state index contributed by atoms with van der Waals surface area (Å²) in [6.45, 7) is -0.238. The molecule has 1 saturated heterocycles. The van der Waals surface area contributed by atoms with E-state index in [1.807, 2.05) is 24.3 Å². The van der Waals surface area contributed by atoms with Crippen LogP contribution in [0.2, 0.25) is 0 Å². The number of rotatable bonds is 9. The monoisotopic (exact) mass is 463 g/mol. The number of methoxy groups -OCH3 is 2. The Morgan fingerprint density at radius 2 is 1.64 bits per heavy atom. The van der Waals surface area contributed by atoms with Gasteiger partial charge in [-0.3, -0.25) is 4.79 Å². The fourth-order valence-electron chi connectivity index (χ4n) is 3.41. The van der Waals surface area contributed by atoms with Gasteiger partial charge in [0.05, 0.1) is 26.4 Å². The predicted octanol–water partition coefficient (Wildman–Crippen LogP) is -0.145. The van der Waals surface area contributed by atoms with Crippen molar-refractivity contribution in [2.75, 3.05) is 27.4 Å². The molecule has 4 unspecified atom stereocenters. The van der Waals surface area contributed by atoms with Gasteiger partial charge in [0.15, 0.2) is 0 Å². The van der Waals surface area contributed by atoms with E-state index in [0.29, 0.717) is 18.7 Å². The Hall–Kier alpha value is -2.89. The summed E-state index contributed by atoms with van der Waals surface area (Å²) in [7, 11) is 3.04. The van der Waals surface area contributed by atoms with Crippen molar-refractivity contribution >= 4 is 5.91 Å². The van der Waals surface area contributed by atoms with Crippen LogP contribution < -0.4 is 19.5 Å². The Morgan fingerprint density at radius 3 is 2.27 bits per heavy atom. The van der Waals surface area contributed by atoms with Gasteiger partial charge in [0.2, 0.25) is 6.29 Å². The Labute approximate surface area is 191 Å². The van der Waals surface area contributed by atoms with E-state index in [1.54, 1.807) is 13.2 Å². The maximum Gasteiger partial charge on any atom is 0.255 e. The van der Waals surface area contributed by atoms with Crippen molar-refractivity contribution in [1.29, 1.82) is 0 Å². The highest BCUT2D eigenvalue weighted by Crippen LogP contribution is 2.29. The molecule has 1 fully saturated rings. The zero-order valence-corrected chi connectivity index (χ0v) is 18.4. The molecule has 2 aromatic carbocycles. The molecule has 10 nitrogen and oxygen atoms in total. The van der Waals surface area contributed by atoms with E-state index in [9.17, 15) is 25.2 Å². The first kappa shape index (κ1) is 24.7. The number of nitrogens with one attached hydrogen (secondary N) is 1. The van der Waals surface area contributed by atoms with Crippen LogP contribution in [0.5, 0.6) is 17.2 Å². The van der Waals surface area contributed by atoms with E-state index >= 15 is 0 Å². The van der Waals surface area contributed by atoms with E-state index in [1.165, 1.54) is 19.2 Å². The Balaban J connectivity index is 1.71. The molecule has 5 atom stereocenters. The molecule has 0 spiro atoms. The minimum atomic E-state index is -1.61. The number of benzene rings is 2. The van der Waals surface area contributed by atoms with Crippen molar-refractivity contribution < 1.29 is 44.2 Å². The van der Waals surface area contributed by atoms with Gasteiger partial charge in [0, 0.05) is 12.6 Å². The molecule has 1 aliphatic heterocycles. The third-order valence-corrected chi connectivity index (χ3v) is 5.38. The molecular formula is C23H29NO9. The van der Waals surface area contributed by atoms with E-state index in [0.717, 1.165) is 11.3 Å². The quantitative estimate of drug-likeness (QED) is 0.343. The second-order valence-corrected chi connectivity index (χ2v) is 7.53. The summed E-state index contributed by atoms with van der Waals surface area (Å²) >= 11 is 0. The SMILES string of the molecule is COc1ccc(CCNC(=O)c2ccc(OC)cc2O[C@@H]2OC(CO)C(O)C(O)C2O)cc1. The minimum absolute atomic E-state index is 0.0422. The molecule has 0 saturated carbocycles. The highest BCUT2D eigenvalue weighted by molar-refractivity contribution is 5.97. The van der Waals surface area contributed by atoms with Crippen molar-refractivity contribution in [1.82, 2.24) is 5.32 Å². The Bertz CT molecular complexity index is 919. The van der Waals surface area contributed by atoms with Crippen LogP contribution in [0.3, 0.4) is 0 Å². The maximum atomic E-state index is 12.8. The summed E-state index contributed by atoms with van der Waals surface area (Å²) in [4.78, 5) is 12.8. The van der Waals surface area contributed by atoms with Gasteiger partial charge in [-0.25, -0.2) is 0 Å². The van der Waals surface area contributed by atoms with Gasteiger partial charge in [-0.05, 0) is 36.2 Å². The third-order valence-electron chi connectivity index (χ3n) is 5.38. The summed E-state index contributed by atoms with van der Waals surface area (Å²) in [5, 5.41) is 42.4. The molecule has 1 aliphatic rings. The lowest BCUT2D eigenvalue weighted by Crippen LogP contribution is -2.60. The van der Waals surface area contributed by atoms with E-state index in [-0.39, 0.29) is 11.3 Å². The van der Waals surface area contributed by atoms with Crippen LogP contribution in [0.15, 0.2) is 42.5 Å². The van der Waals surface area contributed by atoms with E-state index in [4.69, 9.17) is 18.9 Å². The van der Waals surface area contributed by atoms with Crippen molar-refractivity contribution in [2.45, 2.75) is 37.1 Å². The standard InChI is InChI=1S/C23H29NO9/c1-30-14-5-3-13(4-6-14)9-10-24-22(29)16-8-7-15(31-2)11-17(16)32-23-21(28)20(27)19(26)18(12-25)33-23/h3-8,11,18-21,23,25-28H,9-10,12H2,1-2H3,(H,24,29)/t18?,19?,20?,21?,23-/m1/s1. The van der Waals surface area contributed by atoms with E-state index < -0.39 is 43.2 Å². The highest BCUT2D eigenvalue weighted by Gasteiger charge is 2.45. The van der Waals surface area contributed by atoms with Crippen LogP contribution in [0.1, 0.15) is 15.9 Å². The molecule has 33 heavy (non-hydrogen) atoms. The number of hydrogen-bond acceptors (Lipinski definition) is 9. The smallest absolute Gasteiger partial charge is 0.255 e. The van der Waals surface area contributed by atoms with Gasteiger partial charge in [0.1, 0.15) is 41.7 Å². The van der Waals surface area contributed by atoms with Crippen LogP contribution in [-0.4, -0.2) is 84.4 Å². The molecular weight excluding hydrogens is 434 g/mol. The zero-order valence-electron chi connectivity index (χ0n) is 18.4. The molecule has 10 heteroatoms. The Kier molecular flexibility index (Phi) is 8.48. The number of hydrogen-bond donors (Lipinski definition) is 5. The van der Waals surface area contributed by atoms with E-state index in [2.05, 4.69) is 5.32 Å². The van der Waals surface area contributed by atoms with Crippen molar-refractivity contribution in [3.05, 3.63) is 53.6 Å². The first-order valence-electron chi connectivity index (χ1n) is 10.4. The number of aliphatic hydroxyl groups excluding tert-OH is 4. The largest absolute Gasteiger partial charge is 0.497 e. The normalized spacial score (nSPS) is 24.7. The number of ether oxygens (including phenoxy) is 4. The van der Waals surface area contributed by atoms with Crippen LogP contribution in [0.4, 0.5) is 0 Å². The summed E-state index contributed by atoms with van der Waals surface area (Å²) in [6, 6.07) is 12.0. The number of amides is 1. The van der Waals surface area contributed by atoms with Crippen LogP contribution in [-0.2, 0) is 11.2 Å². The molecule has 3 rings (SSSR count).